The van der Waals surface area contributed by atoms with Crippen molar-refractivity contribution in [1.82, 2.24) is 15.8 Å². The summed E-state index contributed by atoms with van der Waals surface area (Å²) in [6, 6.07) is 20.8. The molecule has 0 amide bonds. The van der Waals surface area contributed by atoms with E-state index in [-0.39, 0.29) is 6.17 Å². The lowest BCUT2D eigenvalue weighted by Gasteiger charge is -2.24. The van der Waals surface area contributed by atoms with E-state index in [0.29, 0.717) is 0 Å². The Morgan fingerprint density at radius 1 is 0.950 bits per heavy atom. The van der Waals surface area contributed by atoms with Gasteiger partial charge in [-0.2, -0.15) is 0 Å². The predicted octanol–water partition coefficient (Wildman–Crippen LogP) is 2.62. The second-order valence-corrected chi connectivity index (χ2v) is 5.20. The van der Waals surface area contributed by atoms with E-state index in [9.17, 15) is 0 Å². The number of hydrazine groups is 1. The Morgan fingerprint density at radius 2 is 1.60 bits per heavy atom. The van der Waals surface area contributed by atoms with E-state index in [2.05, 4.69) is 52.1 Å². The minimum Gasteiger partial charge on any atom is -0.327 e. The smallest absolute Gasteiger partial charge is 0.185 e. The molecule has 1 atom stereocenters. The molecule has 1 aliphatic rings. The van der Waals surface area contributed by atoms with Gasteiger partial charge in [-0.3, -0.25) is 5.43 Å². The van der Waals surface area contributed by atoms with Gasteiger partial charge in [0.15, 0.2) is 5.11 Å². The fourth-order valence-corrected chi connectivity index (χ4v) is 2.68. The van der Waals surface area contributed by atoms with Gasteiger partial charge in [0.25, 0.3) is 0 Å². The zero-order chi connectivity index (χ0) is 13.8. The largest absolute Gasteiger partial charge is 0.327 e. The van der Waals surface area contributed by atoms with Crippen molar-refractivity contribution in [3.63, 3.8) is 0 Å². The Morgan fingerprint density at radius 3 is 2.30 bits per heavy atom. The molecule has 1 saturated heterocycles. The average Bonchev–Trinajstić information content (AvgIpc) is 2.88. The third-order valence-corrected chi connectivity index (χ3v) is 3.82. The third-order valence-electron chi connectivity index (χ3n) is 3.49. The Bertz CT molecular complexity index is 571. The van der Waals surface area contributed by atoms with Crippen molar-refractivity contribution < 1.29 is 0 Å². The van der Waals surface area contributed by atoms with Gasteiger partial charge in [0.2, 0.25) is 0 Å². The Hall–Kier alpha value is -1.91. The molecular formula is C16H17N3S. The Kier molecular flexibility index (Phi) is 3.95. The molecule has 1 unspecified atom stereocenters. The van der Waals surface area contributed by atoms with Crippen molar-refractivity contribution in [2.75, 3.05) is 6.54 Å². The van der Waals surface area contributed by atoms with Crippen LogP contribution in [0.4, 0.5) is 0 Å². The second kappa shape index (κ2) is 6.03. The number of hydrogen-bond donors (Lipinski definition) is 2. The highest BCUT2D eigenvalue weighted by Gasteiger charge is 2.28. The van der Waals surface area contributed by atoms with Crippen LogP contribution in [0.25, 0.3) is 0 Å². The van der Waals surface area contributed by atoms with Gasteiger partial charge in [-0.15, -0.1) is 0 Å². The van der Waals surface area contributed by atoms with Crippen molar-refractivity contribution in [3.8, 4) is 0 Å². The summed E-state index contributed by atoms with van der Waals surface area (Å²) < 4.78 is 0. The number of rotatable bonds is 4. The molecule has 0 bridgehead atoms. The molecule has 102 valence electrons. The van der Waals surface area contributed by atoms with Gasteiger partial charge in [0, 0.05) is 6.54 Å². The first-order valence-corrected chi connectivity index (χ1v) is 7.16. The summed E-state index contributed by atoms with van der Waals surface area (Å²) in [4.78, 5) is 2.19. The molecule has 1 fully saturated rings. The maximum atomic E-state index is 5.39. The molecule has 4 heteroatoms. The van der Waals surface area contributed by atoms with Crippen LogP contribution < -0.4 is 10.9 Å². The summed E-state index contributed by atoms with van der Waals surface area (Å²) in [6.07, 6.45) is 1.08. The molecule has 1 aliphatic heterocycles. The van der Waals surface area contributed by atoms with Gasteiger partial charge in [-0.1, -0.05) is 60.7 Å². The van der Waals surface area contributed by atoms with Gasteiger partial charge in [0.05, 0.1) is 0 Å². The summed E-state index contributed by atoms with van der Waals surface area (Å²) in [6.45, 7) is 0.891. The SMILES string of the molecule is S=C1NNC(c2ccccc2)N1CCc1ccccc1. The van der Waals surface area contributed by atoms with Gasteiger partial charge >= 0.3 is 0 Å². The van der Waals surface area contributed by atoms with Gasteiger partial charge < -0.3 is 4.90 Å². The van der Waals surface area contributed by atoms with Crippen molar-refractivity contribution in [1.29, 1.82) is 0 Å². The number of hydrogen-bond acceptors (Lipinski definition) is 2. The van der Waals surface area contributed by atoms with Crippen LogP contribution >= 0.6 is 12.2 Å². The first-order chi connectivity index (χ1) is 9.84. The van der Waals surface area contributed by atoms with Crippen LogP contribution in [0.5, 0.6) is 0 Å². The van der Waals surface area contributed by atoms with Gasteiger partial charge in [0.1, 0.15) is 6.17 Å². The molecule has 2 N–H and O–H groups in total. The molecule has 1 heterocycles. The topological polar surface area (TPSA) is 27.3 Å². The van der Waals surface area contributed by atoms with E-state index in [0.717, 1.165) is 18.1 Å². The molecule has 0 radical (unpaired) electrons. The molecule has 2 aromatic rings. The molecule has 0 aliphatic carbocycles. The quantitative estimate of drug-likeness (QED) is 0.844. The van der Waals surface area contributed by atoms with E-state index in [4.69, 9.17) is 12.2 Å². The van der Waals surface area contributed by atoms with Crippen LogP contribution in [-0.4, -0.2) is 16.6 Å². The zero-order valence-electron chi connectivity index (χ0n) is 11.1. The fraction of sp³-hybridized carbons (Fsp3) is 0.188. The number of benzene rings is 2. The summed E-state index contributed by atoms with van der Waals surface area (Å²) in [5.41, 5.74) is 8.85. The average molecular weight is 283 g/mol. The predicted molar refractivity (Wildman–Crippen MR) is 84.9 cm³/mol. The minimum absolute atomic E-state index is 0.104. The Labute approximate surface area is 124 Å². The maximum absolute atomic E-state index is 5.39. The lowest BCUT2D eigenvalue weighted by atomic mass is 10.1. The van der Waals surface area contributed by atoms with Crippen LogP contribution in [0, 0.1) is 0 Å². The molecule has 3 rings (SSSR count). The maximum Gasteiger partial charge on any atom is 0.185 e. The third kappa shape index (κ3) is 2.81. The molecule has 0 spiro atoms. The van der Waals surface area contributed by atoms with Crippen LogP contribution in [0.1, 0.15) is 17.3 Å². The van der Waals surface area contributed by atoms with E-state index in [1.165, 1.54) is 11.1 Å². The molecule has 0 aromatic heterocycles. The van der Waals surface area contributed by atoms with Crippen molar-refractivity contribution in [2.45, 2.75) is 12.6 Å². The highest BCUT2D eigenvalue weighted by molar-refractivity contribution is 7.80. The Balaban J connectivity index is 1.71. The van der Waals surface area contributed by atoms with E-state index < -0.39 is 0 Å². The highest BCUT2D eigenvalue weighted by atomic mass is 32.1. The lowest BCUT2D eigenvalue weighted by molar-refractivity contribution is 0.318. The fourth-order valence-electron chi connectivity index (χ4n) is 2.42. The summed E-state index contributed by atoms with van der Waals surface area (Å²) >= 11 is 5.39. The monoisotopic (exact) mass is 283 g/mol. The zero-order valence-corrected chi connectivity index (χ0v) is 11.9. The van der Waals surface area contributed by atoms with Crippen molar-refractivity contribution in [3.05, 3.63) is 71.8 Å². The van der Waals surface area contributed by atoms with Crippen LogP contribution in [0.3, 0.4) is 0 Å². The normalized spacial score (nSPS) is 18.1. The van der Waals surface area contributed by atoms with E-state index in [1.54, 1.807) is 0 Å². The van der Waals surface area contributed by atoms with Gasteiger partial charge in [-0.25, -0.2) is 5.43 Å². The molecule has 2 aromatic carbocycles. The molecule has 3 nitrogen and oxygen atoms in total. The van der Waals surface area contributed by atoms with Crippen LogP contribution in [-0.2, 0) is 6.42 Å². The number of nitrogens with zero attached hydrogens (tertiary/aromatic N) is 1. The van der Waals surface area contributed by atoms with E-state index >= 15 is 0 Å². The summed E-state index contributed by atoms with van der Waals surface area (Å²) in [7, 11) is 0. The minimum atomic E-state index is 0.104. The molecular weight excluding hydrogens is 266 g/mol. The highest BCUT2D eigenvalue weighted by Crippen LogP contribution is 2.21. The van der Waals surface area contributed by atoms with Crippen LogP contribution in [0.15, 0.2) is 60.7 Å². The second-order valence-electron chi connectivity index (χ2n) is 4.82. The van der Waals surface area contributed by atoms with Crippen LogP contribution in [0.2, 0.25) is 0 Å². The standard InChI is InChI=1S/C16H17N3S/c20-16-18-17-15(14-9-5-2-6-10-14)19(16)12-11-13-7-3-1-4-8-13/h1-10,15,17H,11-12H2,(H,18,20). The number of nitrogens with one attached hydrogen (secondary N) is 2. The van der Waals surface area contributed by atoms with Crippen molar-refractivity contribution in [2.24, 2.45) is 0 Å². The summed E-state index contributed by atoms with van der Waals surface area (Å²) in [5.74, 6) is 0. The van der Waals surface area contributed by atoms with Gasteiger partial charge in [-0.05, 0) is 29.8 Å². The molecule has 0 saturated carbocycles. The first kappa shape index (κ1) is 13.1. The lowest BCUT2D eigenvalue weighted by Crippen LogP contribution is -2.31. The summed E-state index contributed by atoms with van der Waals surface area (Å²) in [5, 5.41) is 0.759. The number of thiocarbonyl (C=S) groups is 1. The first-order valence-electron chi connectivity index (χ1n) is 6.75. The van der Waals surface area contributed by atoms with Crippen molar-refractivity contribution >= 4 is 17.3 Å². The molecule has 20 heavy (non-hydrogen) atoms. The van der Waals surface area contributed by atoms with E-state index in [1.807, 2.05) is 24.3 Å².